The Balaban J connectivity index is 2.41. The van der Waals surface area contributed by atoms with Gasteiger partial charge < -0.3 is 0 Å². The maximum Gasteiger partial charge on any atom is 0.175 e. The van der Waals surface area contributed by atoms with Gasteiger partial charge in [0.1, 0.15) is 5.82 Å². The molecule has 0 amide bonds. The fourth-order valence-corrected chi connectivity index (χ4v) is 2.95. The van der Waals surface area contributed by atoms with Crippen LogP contribution in [0, 0.1) is 18.7 Å². The fourth-order valence-electron chi connectivity index (χ4n) is 1.77. The highest BCUT2D eigenvalue weighted by atomic mass is 32.1. The molecule has 0 atom stereocenters. The summed E-state index contributed by atoms with van der Waals surface area (Å²) in [5, 5.41) is 0. The summed E-state index contributed by atoms with van der Waals surface area (Å²) in [6, 6.07) is 8.75. The Bertz CT molecular complexity index is 584. The quantitative estimate of drug-likeness (QED) is 0.733. The van der Waals surface area contributed by atoms with Gasteiger partial charge in [-0.2, -0.15) is 0 Å². The molecule has 0 radical (unpaired) electrons. The monoisotopic (exact) mass is 262 g/mol. The van der Waals surface area contributed by atoms with Crippen LogP contribution in [0.1, 0.15) is 29.1 Å². The van der Waals surface area contributed by atoms with Crippen LogP contribution in [0.3, 0.4) is 0 Å². The highest BCUT2D eigenvalue weighted by Gasteiger charge is 2.15. The second-order valence-corrected chi connectivity index (χ2v) is 5.68. The Morgan fingerprint density at radius 2 is 1.94 bits per heavy atom. The first-order valence-corrected chi connectivity index (χ1v) is 6.72. The van der Waals surface area contributed by atoms with E-state index < -0.39 is 0 Å². The van der Waals surface area contributed by atoms with Crippen LogP contribution in [0.4, 0.5) is 4.39 Å². The molecular formula is C15H15FOS. The van der Waals surface area contributed by atoms with Crippen molar-refractivity contribution >= 4 is 17.1 Å². The molecule has 0 fully saturated rings. The molecule has 94 valence electrons. The summed E-state index contributed by atoms with van der Waals surface area (Å²) in [6.07, 6.45) is 0. The molecule has 1 nitrogen and oxygen atoms in total. The van der Waals surface area contributed by atoms with Crippen molar-refractivity contribution in [3.63, 3.8) is 0 Å². The minimum absolute atomic E-state index is 0.00916. The summed E-state index contributed by atoms with van der Waals surface area (Å²) in [4.78, 5) is 13.6. The highest BCUT2D eigenvalue weighted by molar-refractivity contribution is 7.17. The minimum Gasteiger partial charge on any atom is -0.293 e. The number of Topliss-reactive ketones (excluding diaryl/α,β-unsaturated/α-hetero) is 1. The first kappa shape index (κ1) is 13.0. The van der Waals surface area contributed by atoms with Crippen molar-refractivity contribution in [1.29, 1.82) is 0 Å². The molecule has 0 spiro atoms. The second kappa shape index (κ2) is 5.02. The van der Waals surface area contributed by atoms with Crippen molar-refractivity contribution in [2.24, 2.45) is 5.92 Å². The highest BCUT2D eigenvalue weighted by Crippen LogP contribution is 2.32. The van der Waals surface area contributed by atoms with Gasteiger partial charge in [-0.25, -0.2) is 4.39 Å². The molecule has 1 aromatic heterocycles. The molecule has 18 heavy (non-hydrogen) atoms. The molecule has 0 N–H and O–H groups in total. The number of hydrogen-bond donors (Lipinski definition) is 0. The van der Waals surface area contributed by atoms with E-state index in [1.165, 1.54) is 17.4 Å². The van der Waals surface area contributed by atoms with Gasteiger partial charge in [0.2, 0.25) is 0 Å². The predicted molar refractivity (Wildman–Crippen MR) is 73.6 cm³/mol. The number of ketones is 1. The SMILES string of the molecule is Cc1c(F)cccc1-c1ccc(C(=O)C(C)C)s1. The lowest BCUT2D eigenvalue weighted by Crippen LogP contribution is -2.04. The molecule has 0 aliphatic carbocycles. The molecule has 2 rings (SSSR count). The molecule has 0 aliphatic heterocycles. The van der Waals surface area contributed by atoms with Crippen LogP contribution < -0.4 is 0 Å². The first-order valence-electron chi connectivity index (χ1n) is 5.90. The largest absolute Gasteiger partial charge is 0.293 e. The van der Waals surface area contributed by atoms with E-state index in [0.717, 1.165) is 15.3 Å². The number of rotatable bonds is 3. The van der Waals surface area contributed by atoms with Crippen molar-refractivity contribution < 1.29 is 9.18 Å². The molecule has 1 aromatic carbocycles. The number of hydrogen-bond acceptors (Lipinski definition) is 2. The first-order chi connectivity index (χ1) is 8.50. The van der Waals surface area contributed by atoms with E-state index in [-0.39, 0.29) is 17.5 Å². The third-order valence-corrected chi connectivity index (χ3v) is 4.04. The zero-order valence-electron chi connectivity index (χ0n) is 10.7. The molecule has 0 bridgehead atoms. The van der Waals surface area contributed by atoms with E-state index >= 15 is 0 Å². The van der Waals surface area contributed by atoms with Gasteiger partial charge in [-0.1, -0.05) is 26.0 Å². The van der Waals surface area contributed by atoms with Crippen molar-refractivity contribution in [2.45, 2.75) is 20.8 Å². The topological polar surface area (TPSA) is 17.1 Å². The Morgan fingerprint density at radius 1 is 1.22 bits per heavy atom. The summed E-state index contributed by atoms with van der Waals surface area (Å²) in [6.45, 7) is 5.53. The van der Waals surface area contributed by atoms with Crippen molar-refractivity contribution in [3.05, 3.63) is 46.6 Å². The van der Waals surface area contributed by atoms with Gasteiger partial charge in [-0.15, -0.1) is 11.3 Å². The Morgan fingerprint density at radius 3 is 2.61 bits per heavy atom. The second-order valence-electron chi connectivity index (χ2n) is 4.60. The van der Waals surface area contributed by atoms with E-state index in [1.54, 1.807) is 13.0 Å². The Hall–Kier alpha value is -1.48. The number of carbonyl (C=O) groups is 1. The zero-order valence-corrected chi connectivity index (χ0v) is 11.5. The van der Waals surface area contributed by atoms with Crippen LogP contribution in [0.15, 0.2) is 30.3 Å². The summed E-state index contributed by atoms with van der Waals surface area (Å²) in [7, 11) is 0. The van der Waals surface area contributed by atoms with Crippen LogP contribution in [-0.2, 0) is 0 Å². The number of thiophene rings is 1. The van der Waals surface area contributed by atoms with Gasteiger partial charge >= 0.3 is 0 Å². The molecule has 0 saturated heterocycles. The molecule has 2 aromatic rings. The molecule has 0 aliphatic rings. The smallest absolute Gasteiger partial charge is 0.175 e. The van der Waals surface area contributed by atoms with Gasteiger partial charge in [-0.3, -0.25) is 4.79 Å². The van der Waals surface area contributed by atoms with Gasteiger partial charge in [0.15, 0.2) is 5.78 Å². The lowest BCUT2D eigenvalue weighted by Gasteiger charge is -2.04. The molecule has 0 unspecified atom stereocenters. The third kappa shape index (κ3) is 2.36. The normalized spacial score (nSPS) is 10.9. The van der Waals surface area contributed by atoms with Crippen LogP contribution in [0.25, 0.3) is 10.4 Å². The van der Waals surface area contributed by atoms with Gasteiger partial charge in [0, 0.05) is 10.8 Å². The van der Waals surface area contributed by atoms with E-state index in [4.69, 9.17) is 0 Å². The van der Waals surface area contributed by atoms with E-state index in [1.807, 2.05) is 32.0 Å². The standard InChI is InChI=1S/C15H15FOS/c1-9(2)15(17)14-8-7-13(18-14)11-5-4-6-12(16)10(11)3/h4-9H,1-3H3. The number of benzene rings is 1. The predicted octanol–water partition coefficient (Wildman–Crippen LogP) is 4.70. The summed E-state index contributed by atoms with van der Waals surface area (Å²) in [5.41, 5.74) is 1.49. The Labute approximate surface area is 110 Å². The average Bonchev–Trinajstić information content (AvgIpc) is 2.80. The van der Waals surface area contributed by atoms with Crippen LogP contribution >= 0.6 is 11.3 Å². The van der Waals surface area contributed by atoms with Crippen molar-refractivity contribution in [1.82, 2.24) is 0 Å². The van der Waals surface area contributed by atoms with Crippen LogP contribution in [0.5, 0.6) is 0 Å². The summed E-state index contributed by atoms with van der Waals surface area (Å²) < 4.78 is 13.5. The summed E-state index contributed by atoms with van der Waals surface area (Å²) in [5.74, 6) is -0.0805. The number of carbonyl (C=O) groups excluding carboxylic acids is 1. The maximum absolute atomic E-state index is 13.5. The van der Waals surface area contributed by atoms with Gasteiger partial charge in [0.05, 0.1) is 4.88 Å². The molecule has 3 heteroatoms. The van der Waals surface area contributed by atoms with E-state index in [0.29, 0.717) is 5.56 Å². The van der Waals surface area contributed by atoms with Crippen LogP contribution in [0.2, 0.25) is 0 Å². The van der Waals surface area contributed by atoms with Gasteiger partial charge in [-0.05, 0) is 36.2 Å². The number of halogens is 1. The maximum atomic E-state index is 13.5. The zero-order chi connectivity index (χ0) is 13.3. The Kier molecular flexibility index (Phi) is 3.62. The van der Waals surface area contributed by atoms with E-state index in [9.17, 15) is 9.18 Å². The van der Waals surface area contributed by atoms with Gasteiger partial charge in [0.25, 0.3) is 0 Å². The third-order valence-electron chi connectivity index (χ3n) is 2.91. The molecule has 1 heterocycles. The minimum atomic E-state index is -0.211. The molecular weight excluding hydrogens is 247 g/mol. The lowest BCUT2D eigenvalue weighted by atomic mass is 10.1. The van der Waals surface area contributed by atoms with E-state index in [2.05, 4.69) is 0 Å². The lowest BCUT2D eigenvalue weighted by molar-refractivity contribution is 0.0943. The molecule has 0 saturated carbocycles. The fraction of sp³-hybridized carbons (Fsp3) is 0.267. The average molecular weight is 262 g/mol. The summed E-state index contributed by atoms with van der Waals surface area (Å²) >= 11 is 1.43. The van der Waals surface area contributed by atoms with Crippen molar-refractivity contribution in [2.75, 3.05) is 0 Å². The van der Waals surface area contributed by atoms with Crippen LogP contribution in [-0.4, -0.2) is 5.78 Å². The van der Waals surface area contributed by atoms with Crippen molar-refractivity contribution in [3.8, 4) is 10.4 Å².